The molecule has 0 radical (unpaired) electrons. The van der Waals surface area contributed by atoms with Crippen molar-refractivity contribution in [2.45, 2.75) is 71.5 Å². The van der Waals surface area contributed by atoms with E-state index in [0.717, 1.165) is 19.4 Å². The van der Waals surface area contributed by atoms with Crippen LogP contribution in [-0.2, 0) is 14.3 Å². The molecule has 1 heterocycles. The van der Waals surface area contributed by atoms with Gasteiger partial charge in [0.25, 0.3) is 0 Å². The van der Waals surface area contributed by atoms with E-state index >= 15 is 0 Å². The predicted molar refractivity (Wildman–Crippen MR) is 93.6 cm³/mol. The minimum absolute atomic E-state index is 0.0970. The topological polar surface area (TPSA) is 90.2 Å². The molecule has 0 aliphatic carbocycles. The van der Waals surface area contributed by atoms with Crippen molar-refractivity contribution < 1.29 is 29.3 Å². The third kappa shape index (κ3) is 7.79. The number of hydrogen-bond donors (Lipinski definition) is 2. The second-order valence-electron chi connectivity index (χ2n) is 7.27. The van der Waals surface area contributed by atoms with Crippen LogP contribution in [0.4, 0.5) is 0 Å². The van der Waals surface area contributed by atoms with Crippen molar-refractivity contribution in [1.82, 2.24) is 4.73 Å². The zero-order chi connectivity index (χ0) is 19.1. The Bertz CT molecular complexity index is 530. The molecule has 0 aliphatic rings. The van der Waals surface area contributed by atoms with E-state index in [2.05, 4.69) is 6.92 Å². The van der Waals surface area contributed by atoms with Crippen molar-refractivity contribution in [3.63, 3.8) is 0 Å². The summed E-state index contributed by atoms with van der Waals surface area (Å²) in [6.45, 7) is 11.2. The van der Waals surface area contributed by atoms with Crippen LogP contribution < -0.4 is 4.84 Å². The fourth-order valence-electron chi connectivity index (χ4n) is 2.14. The Kier molecular flexibility index (Phi) is 7.76. The molecular formula is C18H31NO6. The lowest BCUT2D eigenvalue weighted by atomic mass is 10.0. The van der Waals surface area contributed by atoms with Crippen LogP contribution >= 0.6 is 0 Å². The fourth-order valence-corrected chi connectivity index (χ4v) is 2.14. The third-order valence-corrected chi connectivity index (χ3v) is 3.82. The summed E-state index contributed by atoms with van der Waals surface area (Å²) in [5.41, 5.74) is -0.741. The molecule has 0 spiro atoms. The van der Waals surface area contributed by atoms with Crippen molar-refractivity contribution in [3.05, 3.63) is 12.1 Å². The van der Waals surface area contributed by atoms with Crippen LogP contribution in [0.2, 0.25) is 0 Å². The summed E-state index contributed by atoms with van der Waals surface area (Å²) >= 11 is 0. The van der Waals surface area contributed by atoms with Crippen LogP contribution in [-0.4, -0.2) is 45.3 Å². The molecular weight excluding hydrogens is 326 g/mol. The molecule has 144 valence electrons. The third-order valence-electron chi connectivity index (χ3n) is 3.82. The van der Waals surface area contributed by atoms with Crippen LogP contribution in [0.25, 0.3) is 0 Å². The highest BCUT2D eigenvalue weighted by atomic mass is 16.7. The lowest BCUT2D eigenvalue weighted by Gasteiger charge is -2.29. The summed E-state index contributed by atoms with van der Waals surface area (Å²) in [5, 5.41) is 18.9. The minimum Gasteiger partial charge on any atom is -0.492 e. The van der Waals surface area contributed by atoms with Crippen LogP contribution in [0, 0.1) is 0 Å². The van der Waals surface area contributed by atoms with E-state index in [1.165, 1.54) is 12.1 Å². The number of rotatable bonds is 11. The van der Waals surface area contributed by atoms with E-state index in [9.17, 15) is 15.0 Å². The summed E-state index contributed by atoms with van der Waals surface area (Å²) in [4.78, 5) is 16.8. The number of carbonyl (C=O) groups is 1. The van der Waals surface area contributed by atoms with Gasteiger partial charge in [-0.2, -0.15) is 0 Å². The van der Waals surface area contributed by atoms with Crippen LogP contribution in [0.15, 0.2) is 12.1 Å². The van der Waals surface area contributed by atoms with Gasteiger partial charge in [-0.25, -0.2) is 4.79 Å². The Labute approximate surface area is 149 Å². The summed E-state index contributed by atoms with van der Waals surface area (Å²) in [7, 11) is 0. The van der Waals surface area contributed by atoms with Gasteiger partial charge < -0.3 is 24.5 Å². The van der Waals surface area contributed by atoms with Crippen molar-refractivity contribution in [2.75, 3.05) is 13.2 Å². The van der Waals surface area contributed by atoms with Crippen LogP contribution in [0.3, 0.4) is 0 Å². The molecule has 2 N–H and O–H groups in total. The summed E-state index contributed by atoms with van der Waals surface area (Å²) < 4.78 is 12.3. The van der Waals surface area contributed by atoms with E-state index in [0.29, 0.717) is 17.8 Å². The number of aromatic hydroxyl groups is 2. The Morgan fingerprint density at radius 1 is 1.00 bits per heavy atom. The average molecular weight is 357 g/mol. The molecule has 1 aromatic heterocycles. The summed E-state index contributed by atoms with van der Waals surface area (Å²) in [5.74, 6) is -1.24. The number of aromatic nitrogens is 1. The Morgan fingerprint density at radius 3 is 2.08 bits per heavy atom. The molecule has 0 aromatic carbocycles. The standard InChI is InChI=1S/C18H31NO6/c1-6-12-23-18(4,5)11-13-24-17(2,3)10-9-16(22)25-19-14(20)7-8-15(19)21/h7-8,20-21H,6,9-13H2,1-5H3. The van der Waals surface area contributed by atoms with Gasteiger partial charge in [-0.1, -0.05) is 6.92 Å². The lowest BCUT2D eigenvalue weighted by molar-refractivity contribution is -0.147. The normalized spacial score (nSPS) is 12.4. The smallest absolute Gasteiger partial charge is 0.333 e. The van der Waals surface area contributed by atoms with Crippen LogP contribution in [0.1, 0.15) is 60.3 Å². The van der Waals surface area contributed by atoms with Gasteiger partial charge in [0.15, 0.2) is 0 Å². The second-order valence-corrected chi connectivity index (χ2v) is 7.27. The van der Waals surface area contributed by atoms with Crippen molar-refractivity contribution >= 4 is 5.97 Å². The summed E-state index contributed by atoms with van der Waals surface area (Å²) in [6, 6.07) is 2.47. The van der Waals surface area contributed by atoms with Gasteiger partial charge in [0, 0.05) is 18.7 Å². The van der Waals surface area contributed by atoms with Gasteiger partial charge in [-0.15, -0.1) is 4.73 Å². The van der Waals surface area contributed by atoms with Crippen molar-refractivity contribution in [2.24, 2.45) is 0 Å². The van der Waals surface area contributed by atoms with Gasteiger partial charge in [0.1, 0.15) is 0 Å². The van der Waals surface area contributed by atoms with Crippen molar-refractivity contribution in [1.29, 1.82) is 0 Å². The second kappa shape index (κ2) is 9.10. The first kappa shape index (κ1) is 21.3. The SMILES string of the molecule is CCCOC(C)(C)CCOC(C)(C)CCC(=O)On1c(O)ccc1O. The zero-order valence-electron chi connectivity index (χ0n) is 15.9. The molecule has 1 rings (SSSR count). The summed E-state index contributed by atoms with van der Waals surface area (Å²) in [6.07, 6.45) is 2.28. The predicted octanol–water partition coefficient (Wildman–Crippen LogP) is 3.03. The Morgan fingerprint density at radius 2 is 1.52 bits per heavy atom. The van der Waals surface area contributed by atoms with E-state index in [4.69, 9.17) is 14.3 Å². The average Bonchev–Trinajstić information content (AvgIpc) is 2.83. The molecule has 0 unspecified atom stereocenters. The number of hydrogen-bond acceptors (Lipinski definition) is 6. The van der Waals surface area contributed by atoms with Gasteiger partial charge in [-0.05, 0) is 47.0 Å². The molecule has 7 heteroatoms. The van der Waals surface area contributed by atoms with Gasteiger partial charge >= 0.3 is 5.97 Å². The lowest BCUT2D eigenvalue weighted by Crippen LogP contribution is -2.32. The molecule has 7 nitrogen and oxygen atoms in total. The van der Waals surface area contributed by atoms with E-state index < -0.39 is 11.6 Å². The van der Waals surface area contributed by atoms with Crippen molar-refractivity contribution in [3.8, 4) is 11.8 Å². The first-order valence-electron chi connectivity index (χ1n) is 8.65. The zero-order valence-corrected chi connectivity index (χ0v) is 15.9. The van der Waals surface area contributed by atoms with E-state index in [1.54, 1.807) is 0 Å². The quantitative estimate of drug-likeness (QED) is 0.633. The maximum Gasteiger partial charge on any atom is 0.333 e. The number of carbonyl (C=O) groups excluding carboxylic acids is 1. The van der Waals surface area contributed by atoms with E-state index in [-0.39, 0.29) is 23.8 Å². The first-order chi connectivity index (χ1) is 11.6. The molecule has 0 saturated heterocycles. The molecule has 0 atom stereocenters. The Hall–Kier alpha value is -1.73. The highest BCUT2D eigenvalue weighted by Crippen LogP contribution is 2.22. The highest BCUT2D eigenvalue weighted by Gasteiger charge is 2.24. The minimum atomic E-state index is -0.565. The molecule has 0 saturated carbocycles. The molecule has 1 aromatic rings. The van der Waals surface area contributed by atoms with Gasteiger partial charge in [0.05, 0.1) is 24.2 Å². The monoisotopic (exact) mass is 357 g/mol. The number of nitrogens with zero attached hydrogens (tertiary/aromatic N) is 1. The molecule has 0 bridgehead atoms. The fraction of sp³-hybridized carbons (Fsp3) is 0.722. The number of ether oxygens (including phenoxy) is 2. The first-order valence-corrected chi connectivity index (χ1v) is 8.65. The molecule has 25 heavy (non-hydrogen) atoms. The Balaban J connectivity index is 2.36. The maximum absolute atomic E-state index is 11.9. The van der Waals surface area contributed by atoms with Crippen LogP contribution in [0.5, 0.6) is 11.8 Å². The molecule has 0 fully saturated rings. The van der Waals surface area contributed by atoms with Gasteiger partial charge in [0.2, 0.25) is 11.8 Å². The molecule has 0 amide bonds. The van der Waals surface area contributed by atoms with Gasteiger partial charge in [-0.3, -0.25) is 0 Å². The molecule has 0 aliphatic heterocycles. The largest absolute Gasteiger partial charge is 0.492 e. The highest BCUT2D eigenvalue weighted by molar-refractivity contribution is 5.70. The maximum atomic E-state index is 11.9. The van der Waals surface area contributed by atoms with E-state index in [1.807, 2.05) is 27.7 Å².